The maximum absolute atomic E-state index is 12.5. The van der Waals surface area contributed by atoms with Crippen molar-refractivity contribution in [3.8, 4) is 0 Å². The Labute approximate surface area is 117 Å². The molecule has 1 heteroatoms. The predicted octanol–water partition coefficient (Wildman–Crippen LogP) is 4.96. The van der Waals surface area contributed by atoms with E-state index in [1.54, 1.807) is 0 Å². The Kier molecular flexibility index (Phi) is 6.55. The third-order valence-corrected chi connectivity index (χ3v) is 3.89. The number of ketones is 1. The van der Waals surface area contributed by atoms with Crippen LogP contribution >= 0.6 is 0 Å². The van der Waals surface area contributed by atoms with Crippen molar-refractivity contribution in [2.24, 2.45) is 5.41 Å². The molecule has 104 valence electrons. The van der Waals surface area contributed by atoms with Gasteiger partial charge in [-0.3, -0.25) is 4.79 Å². The molecular weight excluding hydrogens is 232 g/mol. The van der Waals surface area contributed by atoms with Gasteiger partial charge in [-0.2, -0.15) is 0 Å². The van der Waals surface area contributed by atoms with E-state index in [-0.39, 0.29) is 5.41 Å². The first kappa shape index (κ1) is 15.7. The molecule has 1 saturated carbocycles. The topological polar surface area (TPSA) is 17.1 Å². The van der Waals surface area contributed by atoms with Crippen molar-refractivity contribution < 1.29 is 4.79 Å². The Morgan fingerprint density at radius 2 is 1.79 bits per heavy atom. The van der Waals surface area contributed by atoms with Gasteiger partial charge in [0.15, 0.2) is 0 Å². The zero-order chi connectivity index (χ0) is 14.1. The van der Waals surface area contributed by atoms with Crippen LogP contribution < -0.4 is 0 Å². The third kappa shape index (κ3) is 4.05. The lowest BCUT2D eigenvalue weighted by atomic mass is 9.76. The van der Waals surface area contributed by atoms with Gasteiger partial charge in [0, 0.05) is 11.8 Å². The van der Waals surface area contributed by atoms with E-state index in [9.17, 15) is 4.79 Å². The van der Waals surface area contributed by atoms with Gasteiger partial charge in [-0.15, -0.1) is 6.58 Å². The minimum absolute atomic E-state index is 0.0996. The van der Waals surface area contributed by atoms with Crippen LogP contribution in [0.4, 0.5) is 0 Å². The van der Waals surface area contributed by atoms with E-state index in [2.05, 4.69) is 6.58 Å². The second-order valence-corrected chi connectivity index (χ2v) is 5.07. The molecule has 0 bridgehead atoms. The Balaban J connectivity index is 0.000000861. The number of rotatable bonds is 5. The van der Waals surface area contributed by atoms with Crippen molar-refractivity contribution in [1.82, 2.24) is 0 Å². The molecule has 1 aliphatic rings. The quantitative estimate of drug-likeness (QED) is 0.682. The number of allylic oxidation sites excluding steroid dienone is 1. The minimum atomic E-state index is -0.0996. The number of hydrogen-bond acceptors (Lipinski definition) is 1. The SMILES string of the molecule is C=CCC1(C(=O)Cc2ccccc2)CCCC1.CC. The van der Waals surface area contributed by atoms with Crippen molar-refractivity contribution in [1.29, 1.82) is 0 Å². The molecule has 1 nitrogen and oxygen atoms in total. The monoisotopic (exact) mass is 258 g/mol. The molecule has 1 aromatic carbocycles. The Bertz CT molecular complexity index is 385. The van der Waals surface area contributed by atoms with Crippen LogP contribution in [-0.4, -0.2) is 5.78 Å². The maximum atomic E-state index is 12.5. The fourth-order valence-corrected chi connectivity index (χ4v) is 2.89. The normalized spacial score (nSPS) is 16.3. The van der Waals surface area contributed by atoms with E-state index in [0.717, 1.165) is 24.8 Å². The highest BCUT2D eigenvalue weighted by atomic mass is 16.1. The van der Waals surface area contributed by atoms with Crippen LogP contribution in [0, 0.1) is 5.41 Å². The number of benzene rings is 1. The molecule has 1 aliphatic carbocycles. The van der Waals surface area contributed by atoms with Crippen LogP contribution in [0.5, 0.6) is 0 Å². The minimum Gasteiger partial charge on any atom is -0.299 e. The molecular formula is C18H26O. The molecule has 0 spiro atoms. The molecule has 0 atom stereocenters. The number of carbonyl (C=O) groups is 1. The summed E-state index contributed by atoms with van der Waals surface area (Å²) in [6.45, 7) is 7.81. The van der Waals surface area contributed by atoms with E-state index in [1.807, 2.05) is 50.3 Å². The molecule has 0 radical (unpaired) electrons. The summed E-state index contributed by atoms with van der Waals surface area (Å²) in [5, 5.41) is 0. The Morgan fingerprint density at radius 1 is 1.21 bits per heavy atom. The second-order valence-electron chi connectivity index (χ2n) is 5.07. The van der Waals surface area contributed by atoms with E-state index < -0.39 is 0 Å². The smallest absolute Gasteiger partial charge is 0.143 e. The second kappa shape index (κ2) is 7.93. The van der Waals surface area contributed by atoms with Crippen molar-refractivity contribution in [3.63, 3.8) is 0 Å². The van der Waals surface area contributed by atoms with Crippen molar-refractivity contribution in [2.75, 3.05) is 0 Å². The molecule has 0 aromatic heterocycles. The average molecular weight is 258 g/mol. The van der Waals surface area contributed by atoms with Gasteiger partial charge in [0.1, 0.15) is 5.78 Å². The predicted molar refractivity (Wildman–Crippen MR) is 82.2 cm³/mol. The molecule has 0 aliphatic heterocycles. The van der Waals surface area contributed by atoms with E-state index in [4.69, 9.17) is 0 Å². The van der Waals surface area contributed by atoms with Gasteiger partial charge in [-0.05, 0) is 24.8 Å². The van der Waals surface area contributed by atoms with Crippen molar-refractivity contribution in [2.45, 2.75) is 52.4 Å². The van der Waals surface area contributed by atoms with Crippen LogP contribution in [0.15, 0.2) is 43.0 Å². The number of carbonyl (C=O) groups excluding carboxylic acids is 1. The van der Waals surface area contributed by atoms with Gasteiger partial charge in [0.25, 0.3) is 0 Å². The summed E-state index contributed by atoms with van der Waals surface area (Å²) in [6.07, 6.45) is 7.81. The fourth-order valence-electron chi connectivity index (χ4n) is 2.89. The van der Waals surface area contributed by atoms with Crippen LogP contribution in [0.1, 0.15) is 51.5 Å². The zero-order valence-corrected chi connectivity index (χ0v) is 12.3. The first-order chi connectivity index (χ1) is 9.27. The Morgan fingerprint density at radius 3 is 2.32 bits per heavy atom. The van der Waals surface area contributed by atoms with Crippen LogP contribution in [0.3, 0.4) is 0 Å². The van der Waals surface area contributed by atoms with E-state index in [0.29, 0.717) is 12.2 Å². The highest BCUT2D eigenvalue weighted by Gasteiger charge is 2.38. The lowest BCUT2D eigenvalue weighted by Gasteiger charge is -2.26. The van der Waals surface area contributed by atoms with Crippen molar-refractivity contribution >= 4 is 5.78 Å². The zero-order valence-electron chi connectivity index (χ0n) is 12.3. The number of Topliss-reactive ketones (excluding diaryl/α,β-unsaturated/α-hetero) is 1. The largest absolute Gasteiger partial charge is 0.299 e. The first-order valence-electron chi connectivity index (χ1n) is 7.45. The maximum Gasteiger partial charge on any atom is 0.143 e. The highest BCUT2D eigenvalue weighted by Crippen LogP contribution is 2.42. The van der Waals surface area contributed by atoms with E-state index in [1.165, 1.54) is 12.8 Å². The van der Waals surface area contributed by atoms with E-state index >= 15 is 0 Å². The molecule has 19 heavy (non-hydrogen) atoms. The lowest BCUT2D eigenvalue weighted by Crippen LogP contribution is -2.29. The molecule has 1 aromatic rings. The fraction of sp³-hybridized carbons (Fsp3) is 0.500. The molecule has 1 fully saturated rings. The van der Waals surface area contributed by atoms with Crippen molar-refractivity contribution in [3.05, 3.63) is 48.6 Å². The first-order valence-corrected chi connectivity index (χ1v) is 7.45. The average Bonchev–Trinajstić information content (AvgIpc) is 2.92. The summed E-state index contributed by atoms with van der Waals surface area (Å²) in [7, 11) is 0. The Hall–Kier alpha value is -1.37. The van der Waals surface area contributed by atoms with Gasteiger partial charge >= 0.3 is 0 Å². The molecule has 0 N–H and O–H groups in total. The molecule has 2 rings (SSSR count). The molecule has 0 unspecified atom stereocenters. The van der Waals surface area contributed by atoms with Gasteiger partial charge in [0.05, 0.1) is 0 Å². The summed E-state index contributed by atoms with van der Waals surface area (Å²) in [6, 6.07) is 10.1. The summed E-state index contributed by atoms with van der Waals surface area (Å²) in [5.74, 6) is 0.404. The summed E-state index contributed by atoms with van der Waals surface area (Å²) < 4.78 is 0. The van der Waals surface area contributed by atoms with Gasteiger partial charge < -0.3 is 0 Å². The highest BCUT2D eigenvalue weighted by molar-refractivity contribution is 5.87. The van der Waals surface area contributed by atoms with Gasteiger partial charge in [-0.25, -0.2) is 0 Å². The molecule has 0 amide bonds. The standard InChI is InChI=1S/C16H20O.C2H6/c1-2-10-16(11-6-7-12-16)15(17)13-14-8-4-3-5-9-14;1-2/h2-5,8-9H,1,6-7,10-13H2;1-2H3. The molecule has 0 saturated heterocycles. The molecule has 0 heterocycles. The van der Waals surface area contributed by atoms with Crippen LogP contribution in [0.2, 0.25) is 0 Å². The van der Waals surface area contributed by atoms with Crippen LogP contribution in [-0.2, 0) is 11.2 Å². The third-order valence-electron chi connectivity index (χ3n) is 3.89. The number of hydrogen-bond donors (Lipinski definition) is 0. The van der Waals surface area contributed by atoms with Gasteiger partial charge in [-0.1, -0.05) is 63.1 Å². The summed E-state index contributed by atoms with van der Waals surface area (Å²) in [5.41, 5.74) is 1.03. The summed E-state index contributed by atoms with van der Waals surface area (Å²) >= 11 is 0. The van der Waals surface area contributed by atoms with Gasteiger partial charge in [0.2, 0.25) is 0 Å². The summed E-state index contributed by atoms with van der Waals surface area (Å²) in [4.78, 5) is 12.5. The lowest BCUT2D eigenvalue weighted by molar-refractivity contribution is -0.127. The van der Waals surface area contributed by atoms with Crippen LogP contribution in [0.25, 0.3) is 0 Å².